The van der Waals surface area contributed by atoms with Crippen LogP contribution in [0.2, 0.25) is 5.15 Å². The molecule has 0 spiro atoms. The van der Waals surface area contributed by atoms with Crippen LogP contribution in [-0.2, 0) is 0 Å². The lowest BCUT2D eigenvalue weighted by molar-refractivity contribution is 0.506. The molecule has 2 aromatic heterocycles. The molecule has 0 aliphatic rings. The van der Waals surface area contributed by atoms with Crippen molar-refractivity contribution in [1.29, 1.82) is 0 Å². The van der Waals surface area contributed by atoms with Crippen LogP contribution in [0.15, 0.2) is 41.7 Å². The number of allylic oxidation sites excluding steroid dienone is 2. The highest BCUT2D eigenvalue weighted by atomic mass is 35.5. The van der Waals surface area contributed by atoms with Crippen molar-refractivity contribution in [3.05, 3.63) is 46.7 Å². The topological polar surface area (TPSA) is 28.5 Å². The fourth-order valence-corrected chi connectivity index (χ4v) is 2.87. The molecule has 0 amide bonds. The number of pyridine rings is 1. The van der Waals surface area contributed by atoms with E-state index in [1.165, 1.54) is 0 Å². The summed E-state index contributed by atoms with van der Waals surface area (Å²) in [5.74, 6) is 0.897. The molecule has 0 saturated carbocycles. The smallest absolute Gasteiger partial charge is 0.130 e. The molecule has 3 nitrogen and oxygen atoms in total. The van der Waals surface area contributed by atoms with Crippen LogP contribution in [0.4, 0.5) is 0 Å². The van der Waals surface area contributed by atoms with Gasteiger partial charge in [0.1, 0.15) is 15.8 Å². The maximum Gasteiger partial charge on any atom is 0.130 e. The van der Waals surface area contributed by atoms with Crippen LogP contribution in [0, 0.1) is 0 Å². The Morgan fingerprint density at radius 1 is 1.45 bits per heavy atom. The molecule has 20 heavy (non-hydrogen) atoms. The molecule has 0 radical (unpaired) electrons. The van der Waals surface area contributed by atoms with E-state index in [0.717, 1.165) is 26.5 Å². The molecule has 104 valence electrons. The van der Waals surface area contributed by atoms with Crippen LogP contribution in [0.5, 0.6) is 0 Å². The van der Waals surface area contributed by atoms with E-state index in [1.54, 1.807) is 23.6 Å². The van der Waals surface area contributed by atoms with Crippen molar-refractivity contribution >= 4 is 44.9 Å². The summed E-state index contributed by atoms with van der Waals surface area (Å²) in [6.07, 6.45) is 3.73. The number of thiophene rings is 1. The maximum absolute atomic E-state index is 5.90. The van der Waals surface area contributed by atoms with E-state index in [4.69, 9.17) is 11.6 Å². The molecule has 5 heteroatoms. The zero-order valence-electron chi connectivity index (χ0n) is 11.7. The van der Waals surface area contributed by atoms with Crippen LogP contribution in [0.3, 0.4) is 0 Å². The second kappa shape index (κ2) is 6.20. The van der Waals surface area contributed by atoms with Gasteiger partial charge in [0, 0.05) is 36.1 Å². The van der Waals surface area contributed by atoms with E-state index < -0.39 is 0 Å². The first-order valence-electron chi connectivity index (χ1n) is 6.14. The van der Waals surface area contributed by atoms with Crippen LogP contribution >= 0.6 is 22.9 Å². The summed E-state index contributed by atoms with van der Waals surface area (Å²) in [6.45, 7) is 6.02. The molecule has 0 saturated heterocycles. The predicted molar refractivity (Wildman–Crippen MR) is 89.6 cm³/mol. The Morgan fingerprint density at radius 3 is 2.85 bits per heavy atom. The average Bonchev–Trinajstić information content (AvgIpc) is 2.81. The zero-order valence-corrected chi connectivity index (χ0v) is 13.3. The van der Waals surface area contributed by atoms with Crippen molar-refractivity contribution in [1.82, 2.24) is 9.88 Å². The first kappa shape index (κ1) is 14.8. The highest BCUT2D eigenvalue weighted by Crippen LogP contribution is 2.29. The van der Waals surface area contributed by atoms with E-state index in [2.05, 4.69) is 22.6 Å². The van der Waals surface area contributed by atoms with E-state index in [9.17, 15) is 0 Å². The van der Waals surface area contributed by atoms with Gasteiger partial charge in [-0.1, -0.05) is 18.2 Å². The first-order valence-corrected chi connectivity index (χ1v) is 7.34. The number of hydrogen-bond donors (Lipinski definition) is 0. The van der Waals surface area contributed by atoms with E-state index in [-0.39, 0.29) is 0 Å². The van der Waals surface area contributed by atoms with E-state index in [1.807, 2.05) is 38.1 Å². The van der Waals surface area contributed by atoms with Gasteiger partial charge in [-0.2, -0.15) is 0 Å². The highest BCUT2D eigenvalue weighted by Gasteiger charge is 2.05. The van der Waals surface area contributed by atoms with Gasteiger partial charge >= 0.3 is 0 Å². The van der Waals surface area contributed by atoms with Gasteiger partial charge in [0.15, 0.2) is 0 Å². The lowest BCUT2D eigenvalue weighted by Gasteiger charge is -2.11. The van der Waals surface area contributed by atoms with E-state index >= 15 is 0 Å². The highest BCUT2D eigenvalue weighted by molar-refractivity contribution is 7.19. The van der Waals surface area contributed by atoms with Crippen molar-refractivity contribution in [3.63, 3.8) is 0 Å². The fourth-order valence-electron chi connectivity index (χ4n) is 1.71. The molecule has 0 atom stereocenters. The lowest BCUT2D eigenvalue weighted by Crippen LogP contribution is -2.09. The molecule has 0 unspecified atom stereocenters. The number of nitrogens with zero attached hydrogens (tertiary/aromatic N) is 3. The van der Waals surface area contributed by atoms with Gasteiger partial charge in [0.05, 0.1) is 0 Å². The summed E-state index contributed by atoms with van der Waals surface area (Å²) in [5.41, 5.74) is 0.866. The average molecular weight is 306 g/mol. The quantitative estimate of drug-likeness (QED) is 0.616. The van der Waals surface area contributed by atoms with E-state index in [0.29, 0.717) is 5.15 Å². The molecule has 0 aliphatic heterocycles. The Balaban J connectivity index is 2.25. The molecule has 2 rings (SSSR count). The Kier molecular flexibility index (Phi) is 4.57. The van der Waals surface area contributed by atoms with Crippen LogP contribution in [-0.4, -0.2) is 30.2 Å². The Bertz CT molecular complexity index is 698. The standard InChI is InChI=1S/C15H16ClN3S/c1-5-14(19(3)4)17-9-10(2)12-8-11-6-7-13(16)18-15(11)20-12/h5-9H,2H2,1,3-4H3/b14-5+,17-9?. The van der Waals surface area contributed by atoms with Crippen molar-refractivity contribution in [3.8, 4) is 0 Å². The Hall–Kier alpha value is -1.65. The summed E-state index contributed by atoms with van der Waals surface area (Å²) in [7, 11) is 3.92. The summed E-state index contributed by atoms with van der Waals surface area (Å²) in [6, 6.07) is 5.82. The molecule has 0 aliphatic carbocycles. The monoisotopic (exact) mass is 305 g/mol. The molecular weight excluding hydrogens is 290 g/mol. The number of aliphatic imine (C=N–C) groups is 1. The van der Waals surface area contributed by atoms with Gasteiger partial charge in [0.2, 0.25) is 0 Å². The summed E-state index contributed by atoms with van der Waals surface area (Å²) in [4.78, 5) is 12.6. The largest absolute Gasteiger partial charge is 0.363 e. The van der Waals surface area contributed by atoms with Gasteiger partial charge < -0.3 is 4.90 Å². The van der Waals surface area contributed by atoms with Gasteiger partial charge in [0.25, 0.3) is 0 Å². The Morgan fingerprint density at radius 2 is 2.20 bits per heavy atom. The van der Waals surface area contributed by atoms with Crippen LogP contribution in [0.1, 0.15) is 11.8 Å². The number of halogens is 1. The number of hydrogen-bond acceptors (Lipinski definition) is 4. The van der Waals surface area contributed by atoms with Gasteiger partial charge in [-0.15, -0.1) is 11.3 Å². The minimum Gasteiger partial charge on any atom is -0.363 e. The molecular formula is C15H16ClN3S. The maximum atomic E-state index is 5.90. The Labute approximate surface area is 127 Å². The van der Waals surface area contributed by atoms with Gasteiger partial charge in [-0.3, -0.25) is 0 Å². The van der Waals surface area contributed by atoms with Crippen molar-refractivity contribution < 1.29 is 0 Å². The van der Waals surface area contributed by atoms with Crippen molar-refractivity contribution in [2.75, 3.05) is 14.1 Å². The summed E-state index contributed by atoms with van der Waals surface area (Å²) >= 11 is 7.47. The predicted octanol–water partition coefficient (Wildman–Crippen LogP) is 4.46. The third kappa shape index (κ3) is 3.26. The SMILES string of the molecule is C=C(C=N/C(=C\C)N(C)C)c1cc2ccc(Cl)nc2s1. The third-order valence-electron chi connectivity index (χ3n) is 2.73. The number of aromatic nitrogens is 1. The lowest BCUT2D eigenvalue weighted by atomic mass is 10.2. The minimum atomic E-state index is 0.508. The molecule has 2 aromatic rings. The number of rotatable bonds is 4. The van der Waals surface area contributed by atoms with Crippen molar-refractivity contribution in [2.45, 2.75) is 6.92 Å². The van der Waals surface area contributed by atoms with Crippen molar-refractivity contribution in [2.24, 2.45) is 4.99 Å². The zero-order chi connectivity index (χ0) is 14.7. The van der Waals surface area contributed by atoms with Crippen LogP contribution in [0.25, 0.3) is 15.8 Å². The molecule has 0 bridgehead atoms. The van der Waals surface area contributed by atoms with Gasteiger partial charge in [-0.25, -0.2) is 9.98 Å². The minimum absolute atomic E-state index is 0.508. The molecule has 0 fully saturated rings. The summed E-state index contributed by atoms with van der Waals surface area (Å²) in [5, 5.41) is 1.58. The molecule has 0 N–H and O–H groups in total. The molecule has 2 heterocycles. The van der Waals surface area contributed by atoms with Crippen LogP contribution < -0.4 is 0 Å². The third-order valence-corrected chi connectivity index (χ3v) is 4.07. The molecule has 0 aromatic carbocycles. The normalized spacial score (nSPS) is 12.3. The first-order chi connectivity index (χ1) is 9.51. The second-order valence-electron chi connectivity index (χ2n) is 4.46. The number of fused-ring (bicyclic) bond motifs is 1. The summed E-state index contributed by atoms with van der Waals surface area (Å²) < 4.78 is 0. The fraction of sp³-hybridized carbons (Fsp3) is 0.200. The second-order valence-corrected chi connectivity index (χ2v) is 5.88. The van der Waals surface area contributed by atoms with Gasteiger partial charge in [-0.05, 0) is 31.2 Å².